The highest BCUT2D eigenvalue weighted by Gasteiger charge is 2.16. The monoisotopic (exact) mass is 296 g/mol. The van der Waals surface area contributed by atoms with E-state index in [0.717, 1.165) is 0 Å². The van der Waals surface area contributed by atoms with Crippen LogP contribution in [0.5, 0.6) is 11.5 Å². The number of hydrogen-bond acceptors (Lipinski definition) is 6. The van der Waals surface area contributed by atoms with Crippen LogP contribution in [0, 0.1) is 6.26 Å². The van der Waals surface area contributed by atoms with Crippen molar-refractivity contribution in [1.29, 1.82) is 0 Å². The summed E-state index contributed by atoms with van der Waals surface area (Å²) in [5, 5.41) is 27.7. The lowest BCUT2D eigenvalue weighted by Crippen LogP contribution is -1.99. The minimum atomic E-state index is -0.950. The Morgan fingerprint density at radius 3 is 2.68 bits per heavy atom. The molecule has 0 bridgehead atoms. The number of rotatable bonds is 4. The molecule has 0 unspecified atom stereocenters. The van der Waals surface area contributed by atoms with Gasteiger partial charge in [-0.05, 0) is 18.2 Å². The number of phenols is 2. The normalized spacial score (nSPS) is 10.6. The van der Waals surface area contributed by atoms with Gasteiger partial charge in [0.05, 0.1) is 12.1 Å². The number of carboxylic acid groups (broad SMARTS) is 1. The molecule has 0 saturated carbocycles. The van der Waals surface area contributed by atoms with Gasteiger partial charge >= 0.3 is 5.97 Å². The molecule has 19 heavy (non-hydrogen) atoms. The fraction of sp³-hybridized carbons (Fsp3) is 0.0833. The maximum absolute atomic E-state index is 10.8. The number of aromatic nitrogens is 1. The van der Waals surface area contributed by atoms with Crippen LogP contribution in [0.3, 0.4) is 0 Å². The lowest BCUT2D eigenvalue weighted by molar-refractivity contribution is -0.136. The minimum absolute atomic E-state index is 0.144. The van der Waals surface area contributed by atoms with Crippen molar-refractivity contribution in [3.05, 3.63) is 29.3 Å². The summed E-state index contributed by atoms with van der Waals surface area (Å²) in [7, 11) is 0. The SMILES string of the molecule is [CH2]Sc1nc(-c2ccc(O)c(O)c2)c(CC(=O)O)s1. The molecule has 1 heterocycles. The zero-order valence-corrected chi connectivity index (χ0v) is 11.3. The summed E-state index contributed by atoms with van der Waals surface area (Å²) in [4.78, 5) is 15.7. The third-order valence-electron chi connectivity index (χ3n) is 2.36. The highest BCUT2D eigenvalue weighted by atomic mass is 32.2. The fourth-order valence-corrected chi connectivity index (χ4v) is 3.04. The topological polar surface area (TPSA) is 90.7 Å². The van der Waals surface area contributed by atoms with Crippen LogP contribution in [0.1, 0.15) is 4.88 Å². The number of aromatic hydroxyl groups is 2. The molecule has 99 valence electrons. The molecule has 2 aromatic rings. The third-order valence-corrected chi connectivity index (χ3v) is 4.15. The second-order valence-corrected chi connectivity index (χ2v) is 5.69. The second-order valence-electron chi connectivity index (χ2n) is 3.67. The first-order valence-electron chi connectivity index (χ1n) is 5.17. The molecule has 3 N–H and O–H groups in total. The number of phenolic OH excluding ortho intramolecular Hbond substituents is 2. The van der Waals surface area contributed by atoms with Gasteiger partial charge in [-0.3, -0.25) is 4.79 Å². The van der Waals surface area contributed by atoms with Gasteiger partial charge in [-0.2, -0.15) is 0 Å². The first-order valence-corrected chi connectivity index (χ1v) is 6.97. The standard InChI is InChI=1S/C12H10NO4S2/c1-18-12-13-11(9(19-12)5-10(16)17)6-2-3-7(14)8(15)4-6/h2-4,14-15H,1,5H2,(H,16,17). The van der Waals surface area contributed by atoms with E-state index in [-0.39, 0.29) is 17.9 Å². The Balaban J connectivity index is 2.49. The molecule has 0 aliphatic carbocycles. The van der Waals surface area contributed by atoms with Gasteiger partial charge in [0, 0.05) is 16.7 Å². The Morgan fingerprint density at radius 2 is 2.11 bits per heavy atom. The van der Waals surface area contributed by atoms with Gasteiger partial charge in [0.15, 0.2) is 15.8 Å². The maximum Gasteiger partial charge on any atom is 0.308 e. The van der Waals surface area contributed by atoms with E-state index in [2.05, 4.69) is 11.2 Å². The molecule has 5 nitrogen and oxygen atoms in total. The second kappa shape index (κ2) is 5.50. The first kappa shape index (κ1) is 13.7. The van der Waals surface area contributed by atoms with E-state index >= 15 is 0 Å². The van der Waals surface area contributed by atoms with Crippen molar-refractivity contribution in [3.8, 4) is 22.8 Å². The van der Waals surface area contributed by atoms with E-state index in [1.807, 2.05) is 0 Å². The molecule has 7 heteroatoms. The van der Waals surface area contributed by atoms with Crippen LogP contribution in [-0.2, 0) is 11.2 Å². The van der Waals surface area contributed by atoms with Crippen molar-refractivity contribution in [2.75, 3.05) is 0 Å². The highest BCUT2D eigenvalue weighted by molar-refractivity contribution is 8.02. The molecule has 1 radical (unpaired) electrons. The molecule has 2 rings (SSSR count). The molecule has 0 spiro atoms. The summed E-state index contributed by atoms with van der Waals surface area (Å²) in [6.07, 6.45) is 3.50. The summed E-state index contributed by atoms with van der Waals surface area (Å²) in [5.41, 5.74) is 1.05. The molecule has 0 aliphatic heterocycles. The van der Waals surface area contributed by atoms with Crippen molar-refractivity contribution in [3.63, 3.8) is 0 Å². The van der Waals surface area contributed by atoms with Crippen molar-refractivity contribution >= 4 is 29.1 Å². The Labute approximate surface area is 117 Å². The van der Waals surface area contributed by atoms with Crippen LogP contribution < -0.4 is 0 Å². The molecular weight excluding hydrogens is 286 g/mol. The zero-order chi connectivity index (χ0) is 14.0. The summed E-state index contributed by atoms with van der Waals surface area (Å²) in [6.45, 7) is 0. The van der Waals surface area contributed by atoms with Gasteiger partial charge in [0.2, 0.25) is 0 Å². The Kier molecular flexibility index (Phi) is 3.96. The van der Waals surface area contributed by atoms with Crippen molar-refractivity contribution in [2.24, 2.45) is 0 Å². The molecular formula is C12H10NO4S2. The lowest BCUT2D eigenvalue weighted by Gasteiger charge is -2.02. The number of carboxylic acids is 1. The van der Waals surface area contributed by atoms with Crippen LogP contribution in [-0.4, -0.2) is 26.3 Å². The van der Waals surface area contributed by atoms with Crippen molar-refractivity contribution < 1.29 is 20.1 Å². The summed E-state index contributed by atoms with van der Waals surface area (Å²) < 4.78 is 0.652. The highest BCUT2D eigenvalue weighted by Crippen LogP contribution is 2.36. The number of thiazole rings is 1. The molecule has 0 saturated heterocycles. The number of nitrogens with zero attached hydrogens (tertiary/aromatic N) is 1. The van der Waals surface area contributed by atoms with Gasteiger partial charge in [0.25, 0.3) is 0 Å². The maximum atomic E-state index is 10.8. The molecule has 0 amide bonds. The predicted molar refractivity (Wildman–Crippen MR) is 73.4 cm³/mol. The number of carbonyl (C=O) groups is 1. The van der Waals surface area contributed by atoms with Crippen LogP contribution in [0.4, 0.5) is 0 Å². The quantitative estimate of drug-likeness (QED) is 0.593. The van der Waals surface area contributed by atoms with Gasteiger partial charge < -0.3 is 15.3 Å². The average Bonchev–Trinajstić information content (AvgIpc) is 2.75. The number of benzene rings is 1. The van der Waals surface area contributed by atoms with Crippen LogP contribution in [0.25, 0.3) is 11.3 Å². The molecule has 0 fully saturated rings. The summed E-state index contributed by atoms with van der Waals surface area (Å²) in [6, 6.07) is 4.27. The van der Waals surface area contributed by atoms with Crippen molar-refractivity contribution in [1.82, 2.24) is 4.98 Å². The van der Waals surface area contributed by atoms with E-state index in [4.69, 9.17) is 5.11 Å². The van der Waals surface area contributed by atoms with E-state index in [1.54, 1.807) is 6.07 Å². The number of hydrogen-bond donors (Lipinski definition) is 3. The predicted octanol–water partition coefficient (Wildman–Crippen LogP) is 2.73. The smallest absolute Gasteiger partial charge is 0.308 e. The van der Waals surface area contributed by atoms with Crippen LogP contribution in [0.2, 0.25) is 0 Å². The molecule has 0 aliphatic rings. The Bertz CT molecular complexity index is 624. The van der Waals surface area contributed by atoms with E-state index < -0.39 is 5.97 Å². The van der Waals surface area contributed by atoms with Crippen LogP contribution >= 0.6 is 23.1 Å². The average molecular weight is 296 g/mol. The number of thioether (sulfide) groups is 1. The lowest BCUT2D eigenvalue weighted by atomic mass is 10.1. The summed E-state index contributed by atoms with van der Waals surface area (Å²) >= 11 is 2.44. The minimum Gasteiger partial charge on any atom is -0.504 e. The van der Waals surface area contributed by atoms with E-state index in [0.29, 0.717) is 20.5 Å². The number of aliphatic carboxylic acids is 1. The van der Waals surface area contributed by atoms with Gasteiger partial charge in [-0.1, -0.05) is 11.8 Å². The molecule has 1 aromatic carbocycles. The zero-order valence-electron chi connectivity index (χ0n) is 9.66. The van der Waals surface area contributed by atoms with Gasteiger partial charge in [-0.25, -0.2) is 4.98 Å². The van der Waals surface area contributed by atoms with E-state index in [1.165, 1.54) is 35.2 Å². The van der Waals surface area contributed by atoms with Crippen LogP contribution in [0.15, 0.2) is 22.5 Å². The largest absolute Gasteiger partial charge is 0.504 e. The first-order chi connectivity index (χ1) is 9.01. The summed E-state index contributed by atoms with van der Waals surface area (Å²) in [5.74, 6) is -1.45. The third kappa shape index (κ3) is 2.99. The fourth-order valence-electron chi connectivity index (χ4n) is 1.55. The van der Waals surface area contributed by atoms with Crippen molar-refractivity contribution in [2.45, 2.75) is 10.8 Å². The molecule has 1 aromatic heterocycles. The van der Waals surface area contributed by atoms with Gasteiger partial charge in [0.1, 0.15) is 0 Å². The van der Waals surface area contributed by atoms with Gasteiger partial charge in [-0.15, -0.1) is 11.3 Å². The Hall–Kier alpha value is -1.73. The van der Waals surface area contributed by atoms with E-state index in [9.17, 15) is 15.0 Å². The molecule has 0 atom stereocenters. The Morgan fingerprint density at radius 1 is 1.37 bits per heavy atom.